The molecule has 1 amide bonds. The van der Waals surface area contributed by atoms with Gasteiger partial charge in [-0.25, -0.2) is 4.98 Å². The summed E-state index contributed by atoms with van der Waals surface area (Å²) in [6.07, 6.45) is 10.6. The van der Waals surface area contributed by atoms with Crippen LogP contribution in [0.1, 0.15) is 50.6 Å². The smallest absolute Gasteiger partial charge is 0.220 e. The Bertz CT molecular complexity index is 921. The molecule has 0 bridgehead atoms. The van der Waals surface area contributed by atoms with Gasteiger partial charge >= 0.3 is 0 Å². The lowest BCUT2D eigenvalue weighted by Crippen LogP contribution is -2.34. The monoisotopic (exact) mass is 397 g/mol. The number of methoxy groups -OCH3 is 1. The molecule has 28 heavy (non-hydrogen) atoms. The van der Waals surface area contributed by atoms with Crippen molar-refractivity contribution in [2.24, 2.45) is 0 Å². The maximum absolute atomic E-state index is 12.4. The van der Waals surface area contributed by atoms with E-state index in [1.165, 1.54) is 25.7 Å². The molecule has 0 unspecified atom stereocenters. The highest BCUT2D eigenvalue weighted by molar-refractivity contribution is 7.15. The van der Waals surface area contributed by atoms with Crippen molar-refractivity contribution in [1.82, 2.24) is 14.7 Å². The Hall–Kier alpha value is -2.34. The molecule has 148 valence electrons. The zero-order valence-electron chi connectivity index (χ0n) is 16.3. The number of aryl methyl sites for hydroxylation is 1. The largest absolute Gasteiger partial charge is 0.497 e. The minimum atomic E-state index is 0.168. The fraction of sp³-hybridized carbons (Fsp3) is 0.455. The number of rotatable bonds is 6. The van der Waals surface area contributed by atoms with E-state index in [4.69, 9.17) is 9.72 Å². The van der Waals surface area contributed by atoms with Crippen molar-refractivity contribution in [3.63, 3.8) is 0 Å². The predicted octanol–water partition coefficient (Wildman–Crippen LogP) is 4.84. The highest BCUT2D eigenvalue weighted by Crippen LogP contribution is 2.26. The van der Waals surface area contributed by atoms with Crippen LogP contribution in [0, 0.1) is 0 Å². The summed E-state index contributed by atoms with van der Waals surface area (Å²) in [5.41, 5.74) is 3.15. The van der Waals surface area contributed by atoms with Gasteiger partial charge in [-0.1, -0.05) is 25.7 Å². The van der Waals surface area contributed by atoms with E-state index in [-0.39, 0.29) is 5.91 Å². The van der Waals surface area contributed by atoms with Gasteiger partial charge in [0.05, 0.1) is 12.8 Å². The van der Waals surface area contributed by atoms with Gasteiger partial charge in [0.2, 0.25) is 5.91 Å². The molecule has 0 saturated heterocycles. The summed E-state index contributed by atoms with van der Waals surface area (Å²) in [5, 5.41) is 5.35. The van der Waals surface area contributed by atoms with Gasteiger partial charge < -0.3 is 10.1 Å². The molecule has 1 aliphatic carbocycles. The minimum absolute atomic E-state index is 0.168. The van der Waals surface area contributed by atoms with Crippen molar-refractivity contribution in [3.05, 3.63) is 41.5 Å². The Morgan fingerprint density at radius 3 is 2.68 bits per heavy atom. The fourth-order valence-corrected chi connectivity index (χ4v) is 4.78. The Balaban J connectivity index is 1.40. The van der Waals surface area contributed by atoms with E-state index in [0.717, 1.165) is 46.9 Å². The Morgan fingerprint density at radius 1 is 1.21 bits per heavy atom. The Labute approximate surface area is 169 Å². The van der Waals surface area contributed by atoms with E-state index in [2.05, 4.69) is 21.3 Å². The highest BCUT2D eigenvalue weighted by atomic mass is 32.1. The first-order valence-electron chi connectivity index (χ1n) is 10.1. The summed E-state index contributed by atoms with van der Waals surface area (Å²) in [6.45, 7) is 0. The molecule has 1 aliphatic rings. The van der Waals surface area contributed by atoms with Crippen LogP contribution in [0.4, 0.5) is 0 Å². The van der Waals surface area contributed by atoms with E-state index in [9.17, 15) is 4.79 Å². The summed E-state index contributed by atoms with van der Waals surface area (Å²) in [7, 11) is 1.67. The summed E-state index contributed by atoms with van der Waals surface area (Å²) >= 11 is 1.62. The molecule has 2 heterocycles. The number of ether oxygens (including phenoxy) is 1. The SMILES string of the molecule is COc1ccc(-c2cn3c(CCC(=O)NC4CCCCCC4)csc3n2)cc1. The third kappa shape index (κ3) is 4.38. The number of imidazole rings is 1. The zero-order valence-corrected chi connectivity index (χ0v) is 17.1. The third-order valence-corrected chi connectivity index (χ3v) is 6.39. The van der Waals surface area contributed by atoms with Crippen molar-refractivity contribution in [3.8, 4) is 17.0 Å². The van der Waals surface area contributed by atoms with Crippen LogP contribution in [0.5, 0.6) is 5.75 Å². The first-order chi connectivity index (χ1) is 13.7. The molecule has 0 spiro atoms. The molecular weight excluding hydrogens is 370 g/mol. The molecule has 0 aliphatic heterocycles. The molecule has 0 radical (unpaired) electrons. The van der Waals surface area contributed by atoms with Crippen molar-refractivity contribution in [2.45, 2.75) is 57.4 Å². The van der Waals surface area contributed by atoms with Crippen LogP contribution in [0.25, 0.3) is 16.2 Å². The van der Waals surface area contributed by atoms with Gasteiger partial charge in [0.25, 0.3) is 0 Å². The number of carbonyl (C=O) groups is 1. The number of aromatic nitrogens is 2. The number of amides is 1. The molecule has 6 heteroatoms. The second-order valence-electron chi connectivity index (χ2n) is 7.49. The van der Waals surface area contributed by atoms with Crippen LogP contribution < -0.4 is 10.1 Å². The maximum atomic E-state index is 12.4. The van der Waals surface area contributed by atoms with E-state index in [1.807, 2.05) is 24.3 Å². The first-order valence-corrected chi connectivity index (χ1v) is 11.0. The average Bonchev–Trinajstić information content (AvgIpc) is 3.20. The lowest BCUT2D eigenvalue weighted by atomic mass is 10.1. The van der Waals surface area contributed by atoms with Gasteiger partial charge in [-0.3, -0.25) is 9.20 Å². The number of hydrogen-bond acceptors (Lipinski definition) is 4. The second-order valence-corrected chi connectivity index (χ2v) is 8.33. The summed E-state index contributed by atoms with van der Waals surface area (Å²) in [4.78, 5) is 18.1. The number of thiazole rings is 1. The van der Waals surface area contributed by atoms with Gasteiger partial charge in [0.1, 0.15) is 5.75 Å². The highest BCUT2D eigenvalue weighted by Gasteiger charge is 2.16. The first kappa shape index (κ1) is 19.0. The van der Waals surface area contributed by atoms with E-state index in [1.54, 1.807) is 18.4 Å². The lowest BCUT2D eigenvalue weighted by Gasteiger charge is -2.16. The molecule has 0 atom stereocenters. The number of carbonyl (C=O) groups excluding carboxylic acids is 1. The van der Waals surface area contributed by atoms with Gasteiger partial charge in [-0.15, -0.1) is 11.3 Å². The normalized spacial score (nSPS) is 15.5. The van der Waals surface area contributed by atoms with E-state index in [0.29, 0.717) is 12.5 Å². The fourth-order valence-electron chi connectivity index (χ4n) is 3.88. The van der Waals surface area contributed by atoms with Crippen molar-refractivity contribution < 1.29 is 9.53 Å². The summed E-state index contributed by atoms with van der Waals surface area (Å²) in [5.74, 6) is 1.01. The maximum Gasteiger partial charge on any atom is 0.220 e. The van der Waals surface area contributed by atoms with Crippen molar-refractivity contribution >= 4 is 22.2 Å². The van der Waals surface area contributed by atoms with Crippen LogP contribution in [0.3, 0.4) is 0 Å². The number of nitrogens with one attached hydrogen (secondary N) is 1. The van der Waals surface area contributed by atoms with Crippen molar-refractivity contribution in [1.29, 1.82) is 0 Å². The molecular formula is C22H27N3O2S. The van der Waals surface area contributed by atoms with Gasteiger partial charge in [-0.05, 0) is 43.5 Å². The van der Waals surface area contributed by atoms with Crippen LogP contribution in [-0.2, 0) is 11.2 Å². The van der Waals surface area contributed by atoms with Gasteiger partial charge in [0, 0.05) is 35.3 Å². The molecule has 1 saturated carbocycles. The predicted molar refractivity (Wildman–Crippen MR) is 113 cm³/mol. The second kappa shape index (κ2) is 8.78. The zero-order chi connectivity index (χ0) is 19.3. The lowest BCUT2D eigenvalue weighted by molar-refractivity contribution is -0.121. The number of benzene rings is 1. The Morgan fingerprint density at radius 2 is 1.96 bits per heavy atom. The number of fused-ring (bicyclic) bond motifs is 1. The van der Waals surface area contributed by atoms with Crippen LogP contribution in [0.2, 0.25) is 0 Å². The van der Waals surface area contributed by atoms with Crippen molar-refractivity contribution in [2.75, 3.05) is 7.11 Å². The van der Waals surface area contributed by atoms with Crippen LogP contribution in [0.15, 0.2) is 35.8 Å². The number of hydrogen-bond donors (Lipinski definition) is 1. The molecule has 3 aromatic rings. The third-order valence-electron chi connectivity index (χ3n) is 5.50. The molecule has 4 rings (SSSR count). The molecule has 1 fully saturated rings. The standard InChI is InChI=1S/C22H27N3O2S/c1-27-19-11-8-16(9-12-19)20-14-25-18(15-28-22(25)24-20)10-13-21(26)23-17-6-4-2-3-5-7-17/h8-9,11-12,14-15,17H,2-7,10,13H2,1H3,(H,23,26). The van der Waals surface area contributed by atoms with Gasteiger partial charge in [0.15, 0.2) is 4.96 Å². The summed E-state index contributed by atoms with van der Waals surface area (Å²) in [6, 6.07) is 8.30. The summed E-state index contributed by atoms with van der Waals surface area (Å²) < 4.78 is 7.34. The topological polar surface area (TPSA) is 55.6 Å². The average molecular weight is 398 g/mol. The van der Waals surface area contributed by atoms with Crippen LogP contribution in [-0.4, -0.2) is 28.4 Å². The molecule has 1 aromatic carbocycles. The quantitative estimate of drug-likeness (QED) is 0.605. The minimum Gasteiger partial charge on any atom is -0.497 e. The van der Waals surface area contributed by atoms with Gasteiger partial charge in [-0.2, -0.15) is 0 Å². The molecule has 2 aromatic heterocycles. The van der Waals surface area contributed by atoms with Crippen LogP contribution >= 0.6 is 11.3 Å². The molecule has 1 N–H and O–H groups in total. The van der Waals surface area contributed by atoms with E-state index >= 15 is 0 Å². The Kier molecular flexibility index (Phi) is 5.95. The number of nitrogens with zero attached hydrogens (tertiary/aromatic N) is 2. The molecule has 5 nitrogen and oxygen atoms in total. The van der Waals surface area contributed by atoms with E-state index < -0.39 is 0 Å².